The van der Waals surface area contributed by atoms with E-state index in [0.29, 0.717) is 18.9 Å². The fourth-order valence-corrected chi connectivity index (χ4v) is 5.61. The number of hydrogen-bond donors (Lipinski definition) is 0. The maximum Gasteiger partial charge on any atom is 0.410 e. The van der Waals surface area contributed by atoms with Gasteiger partial charge in [0, 0.05) is 24.4 Å². The molecule has 0 saturated carbocycles. The quantitative estimate of drug-likeness (QED) is 0.605. The zero-order valence-corrected chi connectivity index (χ0v) is 19.9. The molecule has 5 nitrogen and oxygen atoms in total. The highest BCUT2D eigenvalue weighted by atomic mass is 32.2. The van der Waals surface area contributed by atoms with Gasteiger partial charge in [-0.1, -0.05) is 18.2 Å². The van der Waals surface area contributed by atoms with E-state index in [2.05, 4.69) is 0 Å². The summed E-state index contributed by atoms with van der Waals surface area (Å²) >= 11 is 0. The van der Waals surface area contributed by atoms with E-state index >= 15 is 4.39 Å². The van der Waals surface area contributed by atoms with Gasteiger partial charge >= 0.3 is 6.09 Å². The minimum atomic E-state index is -3.56. The first-order valence-corrected chi connectivity index (χ1v) is 12.6. The van der Waals surface area contributed by atoms with E-state index in [-0.39, 0.29) is 29.7 Å². The average molecular weight is 484 g/mol. The van der Waals surface area contributed by atoms with E-state index < -0.39 is 50.3 Å². The Morgan fingerprint density at radius 1 is 1.12 bits per heavy atom. The Balaban J connectivity index is 2.02. The summed E-state index contributed by atoms with van der Waals surface area (Å²) in [5.41, 5.74) is -0.626. The molecule has 1 aliphatic heterocycles. The Kier molecular flexibility index (Phi) is 7.12. The summed E-state index contributed by atoms with van der Waals surface area (Å²) in [6.07, 6.45) is 1.15. The molecule has 1 fully saturated rings. The van der Waals surface area contributed by atoms with Gasteiger partial charge in [0.05, 0.1) is 11.3 Å². The van der Waals surface area contributed by atoms with Crippen molar-refractivity contribution in [1.82, 2.24) is 4.90 Å². The molecule has 0 aromatic heterocycles. The van der Waals surface area contributed by atoms with Gasteiger partial charge in [-0.05, 0) is 63.3 Å². The molecular weight excluding hydrogens is 455 g/mol. The number of ether oxygens (including phenoxy) is 1. The molecule has 1 saturated heterocycles. The molecule has 1 heterocycles. The number of hydrogen-bond acceptors (Lipinski definition) is 4. The first kappa shape index (κ1) is 25.1. The summed E-state index contributed by atoms with van der Waals surface area (Å²) in [6.45, 7) is 5.40. The molecule has 1 amide bonds. The third kappa shape index (κ3) is 6.07. The average Bonchev–Trinajstić information content (AvgIpc) is 2.66. The number of piperidine rings is 1. The SMILES string of the molecule is CC(C)(C)OC(=O)N1CCCC(S(C)(=O)=O)C1Cc1cccc(-c2cc(F)cc(F)c2)c1F. The fraction of sp³-hybridized carbons (Fsp3) is 0.458. The largest absolute Gasteiger partial charge is 0.444 e. The van der Waals surface area contributed by atoms with Crippen LogP contribution in [-0.4, -0.2) is 49.1 Å². The van der Waals surface area contributed by atoms with Crippen LogP contribution < -0.4 is 0 Å². The Hall–Kier alpha value is -2.55. The number of carbonyl (C=O) groups is 1. The van der Waals surface area contributed by atoms with Crippen molar-refractivity contribution >= 4 is 15.9 Å². The van der Waals surface area contributed by atoms with Crippen molar-refractivity contribution in [2.45, 2.75) is 56.9 Å². The number of amides is 1. The minimum Gasteiger partial charge on any atom is -0.444 e. The Labute approximate surface area is 192 Å². The molecule has 2 unspecified atom stereocenters. The second-order valence-corrected chi connectivity index (χ2v) is 11.7. The van der Waals surface area contributed by atoms with E-state index in [0.717, 1.165) is 18.4 Å². The summed E-state index contributed by atoms with van der Waals surface area (Å²) in [6, 6.07) is 6.31. The zero-order valence-electron chi connectivity index (χ0n) is 19.1. The van der Waals surface area contributed by atoms with Gasteiger partial charge in [0.15, 0.2) is 9.84 Å². The number of rotatable bonds is 4. The van der Waals surface area contributed by atoms with Crippen LogP contribution in [0.5, 0.6) is 0 Å². The number of benzene rings is 2. The summed E-state index contributed by atoms with van der Waals surface area (Å²) in [7, 11) is -3.56. The fourth-order valence-electron chi connectivity index (χ4n) is 4.21. The van der Waals surface area contributed by atoms with Gasteiger partial charge in [0.1, 0.15) is 23.1 Å². The second-order valence-electron chi connectivity index (χ2n) is 9.39. The predicted molar refractivity (Wildman–Crippen MR) is 120 cm³/mol. The lowest BCUT2D eigenvalue weighted by molar-refractivity contribution is 0.0105. The summed E-state index contributed by atoms with van der Waals surface area (Å²) in [5, 5.41) is -0.895. The topological polar surface area (TPSA) is 63.7 Å². The van der Waals surface area contributed by atoms with Crippen LogP contribution >= 0.6 is 0 Å². The van der Waals surface area contributed by atoms with Gasteiger partial charge in [0.25, 0.3) is 0 Å². The third-order valence-electron chi connectivity index (χ3n) is 5.58. The predicted octanol–water partition coefficient (Wildman–Crippen LogP) is 5.13. The van der Waals surface area contributed by atoms with Crippen LogP contribution in [0.1, 0.15) is 39.2 Å². The maximum atomic E-state index is 15.5. The number of sulfone groups is 1. The molecule has 0 aliphatic carbocycles. The van der Waals surface area contributed by atoms with Crippen LogP contribution in [0.25, 0.3) is 11.1 Å². The third-order valence-corrected chi connectivity index (χ3v) is 7.23. The van der Waals surface area contributed by atoms with Crippen LogP contribution in [0.15, 0.2) is 36.4 Å². The molecule has 2 aromatic carbocycles. The first-order valence-electron chi connectivity index (χ1n) is 10.7. The highest BCUT2D eigenvalue weighted by Crippen LogP contribution is 2.31. The first-order chi connectivity index (χ1) is 15.3. The van der Waals surface area contributed by atoms with Gasteiger partial charge in [-0.15, -0.1) is 0 Å². The van der Waals surface area contributed by atoms with Crippen LogP contribution in [0, 0.1) is 17.5 Å². The van der Waals surface area contributed by atoms with Crippen molar-refractivity contribution in [3.63, 3.8) is 0 Å². The number of likely N-dealkylation sites (tertiary alicyclic amines) is 1. The van der Waals surface area contributed by atoms with E-state index in [9.17, 15) is 22.0 Å². The minimum absolute atomic E-state index is 0.0126. The zero-order chi connectivity index (χ0) is 24.6. The van der Waals surface area contributed by atoms with Crippen molar-refractivity contribution in [3.05, 3.63) is 59.4 Å². The molecule has 0 radical (unpaired) electrons. The van der Waals surface area contributed by atoms with E-state index in [1.165, 1.54) is 23.1 Å². The molecule has 2 atom stereocenters. The normalized spacial score (nSPS) is 19.4. The number of halogens is 3. The maximum absolute atomic E-state index is 15.5. The van der Waals surface area contributed by atoms with Gasteiger partial charge in [-0.3, -0.25) is 0 Å². The lowest BCUT2D eigenvalue weighted by Gasteiger charge is -2.41. The summed E-state index contributed by atoms with van der Waals surface area (Å²) in [4.78, 5) is 14.2. The van der Waals surface area contributed by atoms with E-state index in [4.69, 9.17) is 4.74 Å². The molecule has 1 aliphatic rings. The molecule has 3 rings (SSSR count). The molecule has 2 aromatic rings. The highest BCUT2D eigenvalue weighted by molar-refractivity contribution is 7.91. The van der Waals surface area contributed by atoms with Crippen LogP contribution in [-0.2, 0) is 21.0 Å². The highest BCUT2D eigenvalue weighted by Gasteiger charge is 2.41. The molecule has 180 valence electrons. The molecule has 0 N–H and O–H groups in total. The van der Waals surface area contributed by atoms with Crippen LogP contribution in [0.4, 0.5) is 18.0 Å². The molecule has 9 heteroatoms. The van der Waals surface area contributed by atoms with Gasteiger partial charge in [0.2, 0.25) is 0 Å². The lowest BCUT2D eigenvalue weighted by Crippen LogP contribution is -2.55. The smallest absolute Gasteiger partial charge is 0.410 e. The van der Waals surface area contributed by atoms with E-state index in [1.807, 2.05) is 0 Å². The van der Waals surface area contributed by atoms with Gasteiger partial charge in [-0.25, -0.2) is 26.4 Å². The molecule has 0 bridgehead atoms. The lowest BCUT2D eigenvalue weighted by atomic mass is 9.93. The molecule has 33 heavy (non-hydrogen) atoms. The summed E-state index contributed by atoms with van der Waals surface area (Å²) < 4.78 is 73.4. The Morgan fingerprint density at radius 2 is 1.76 bits per heavy atom. The van der Waals surface area contributed by atoms with Crippen molar-refractivity contribution in [3.8, 4) is 11.1 Å². The van der Waals surface area contributed by atoms with Crippen LogP contribution in [0.3, 0.4) is 0 Å². The monoisotopic (exact) mass is 483 g/mol. The Morgan fingerprint density at radius 3 is 2.33 bits per heavy atom. The van der Waals surface area contributed by atoms with Crippen molar-refractivity contribution in [1.29, 1.82) is 0 Å². The van der Waals surface area contributed by atoms with Gasteiger partial charge < -0.3 is 9.64 Å². The van der Waals surface area contributed by atoms with Gasteiger partial charge in [-0.2, -0.15) is 0 Å². The van der Waals surface area contributed by atoms with Crippen molar-refractivity contribution in [2.75, 3.05) is 12.8 Å². The second kappa shape index (κ2) is 9.37. The van der Waals surface area contributed by atoms with Crippen LogP contribution in [0.2, 0.25) is 0 Å². The van der Waals surface area contributed by atoms with Crippen molar-refractivity contribution < 1.29 is 31.1 Å². The molecule has 0 spiro atoms. The van der Waals surface area contributed by atoms with E-state index in [1.54, 1.807) is 20.8 Å². The summed E-state index contributed by atoms with van der Waals surface area (Å²) in [5.74, 6) is -2.39. The number of carbonyl (C=O) groups excluding carboxylic acids is 1. The molecular formula is C24H28F3NO4S. The number of nitrogens with zero attached hydrogens (tertiary/aromatic N) is 1. The standard InChI is InChI=1S/C24H28F3NO4S/c1-24(2,3)32-23(29)28-10-6-9-21(33(4,30)31)20(28)13-15-7-5-8-19(22(15)27)16-11-17(25)14-18(26)12-16/h5,7-8,11-12,14,20-21H,6,9-10,13H2,1-4H3. The van der Waals surface area contributed by atoms with Crippen molar-refractivity contribution in [2.24, 2.45) is 0 Å². The Bertz CT molecular complexity index is 1120.